The van der Waals surface area contributed by atoms with Crippen LogP contribution in [0.4, 0.5) is 11.5 Å². The van der Waals surface area contributed by atoms with Crippen molar-refractivity contribution in [2.45, 2.75) is 6.61 Å². The SMILES string of the molecule is COc1ccc(C(=O)Nc2cc(COc3cccnc3N)cc(C(=O)NCCN(C)C)c2)c(OC)c1. The highest BCUT2D eigenvalue weighted by molar-refractivity contribution is 6.07. The fraction of sp³-hybridized carbons (Fsp3) is 0.269. The number of pyridine rings is 1. The van der Waals surface area contributed by atoms with Gasteiger partial charge in [-0.25, -0.2) is 4.98 Å². The van der Waals surface area contributed by atoms with Gasteiger partial charge in [-0.15, -0.1) is 0 Å². The number of nitrogens with one attached hydrogen (secondary N) is 2. The van der Waals surface area contributed by atoms with Gasteiger partial charge in [0.1, 0.15) is 18.1 Å². The summed E-state index contributed by atoms with van der Waals surface area (Å²) in [5.41, 5.74) is 7.66. The lowest BCUT2D eigenvalue weighted by Gasteiger charge is -2.15. The maximum absolute atomic E-state index is 13.1. The number of hydrogen-bond acceptors (Lipinski definition) is 8. The zero-order chi connectivity index (χ0) is 26.1. The van der Waals surface area contributed by atoms with Gasteiger partial charge in [0, 0.05) is 36.6 Å². The normalized spacial score (nSPS) is 10.6. The van der Waals surface area contributed by atoms with Crippen LogP contribution in [0.3, 0.4) is 0 Å². The number of carbonyl (C=O) groups is 2. The summed E-state index contributed by atoms with van der Waals surface area (Å²) in [6, 6.07) is 13.4. The molecule has 0 aliphatic rings. The number of nitrogens with zero attached hydrogens (tertiary/aromatic N) is 2. The van der Waals surface area contributed by atoms with E-state index in [9.17, 15) is 9.59 Å². The summed E-state index contributed by atoms with van der Waals surface area (Å²) in [5.74, 6) is 0.941. The number of nitrogen functional groups attached to an aromatic ring is 1. The molecule has 0 unspecified atom stereocenters. The van der Waals surface area contributed by atoms with Crippen LogP contribution in [0.5, 0.6) is 17.2 Å². The lowest BCUT2D eigenvalue weighted by atomic mass is 10.1. The monoisotopic (exact) mass is 493 g/mol. The van der Waals surface area contributed by atoms with Crippen LogP contribution in [0.1, 0.15) is 26.3 Å². The molecule has 0 radical (unpaired) electrons. The van der Waals surface area contributed by atoms with Crippen LogP contribution in [0.25, 0.3) is 0 Å². The van der Waals surface area contributed by atoms with Crippen LogP contribution >= 0.6 is 0 Å². The fourth-order valence-electron chi connectivity index (χ4n) is 3.34. The summed E-state index contributed by atoms with van der Waals surface area (Å²) in [6.07, 6.45) is 1.57. The van der Waals surface area contributed by atoms with Gasteiger partial charge in [-0.3, -0.25) is 9.59 Å². The molecule has 0 fully saturated rings. The Morgan fingerprint density at radius 1 is 1.00 bits per heavy atom. The maximum atomic E-state index is 13.1. The second-order valence-corrected chi connectivity index (χ2v) is 8.17. The molecular weight excluding hydrogens is 462 g/mol. The van der Waals surface area contributed by atoms with E-state index in [0.717, 1.165) is 0 Å². The number of methoxy groups -OCH3 is 2. The molecule has 0 saturated heterocycles. The first-order chi connectivity index (χ1) is 17.3. The van der Waals surface area contributed by atoms with Crippen molar-refractivity contribution in [3.05, 3.63) is 71.4 Å². The third kappa shape index (κ3) is 7.09. The minimum atomic E-state index is -0.400. The van der Waals surface area contributed by atoms with E-state index in [2.05, 4.69) is 15.6 Å². The van der Waals surface area contributed by atoms with Crippen molar-refractivity contribution >= 4 is 23.3 Å². The number of benzene rings is 2. The molecule has 3 rings (SSSR count). The maximum Gasteiger partial charge on any atom is 0.259 e. The third-order valence-electron chi connectivity index (χ3n) is 5.20. The molecule has 4 N–H and O–H groups in total. The first kappa shape index (κ1) is 26.3. The molecule has 10 heteroatoms. The highest BCUT2D eigenvalue weighted by Crippen LogP contribution is 2.26. The molecular formula is C26H31N5O5. The Bertz CT molecular complexity index is 1220. The van der Waals surface area contributed by atoms with Crippen LogP contribution in [-0.2, 0) is 6.61 Å². The van der Waals surface area contributed by atoms with Gasteiger partial charge >= 0.3 is 0 Å². The summed E-state index contributed by atoms with van der Waals surface area (Å²) >= 11 is 0. The van der Waals surface area contributed by atoms with Gasteiger partial charge in [0.05, 0.1) is 19.8 Å². The molecule has 1 aromatic heterocycles. The molecule has 190 valence electrons. The summed E-state index contributed by atoms with van der Waals surface area (Å²) in [6.45, 7) is 1.28. The number of likely N-dealkylation sites (N-methyl/N-ethyl adjacent to an activating group) is 1. The van der Waals surface area contributed by atoms with Gasteiger partial charge in [0.15, 0.2) is 11.6 Å². The number of rotatable bonds is 11. The summed E-state index contributed by atoms with van der Waals surface area (Å²) in [5, 5.41) is 5.73. The first-order valence-electron chi connectivity index (χ1n) is 11.2. The Morgan fingerprint density at radius 2 is 1.81 bits per heavy atom. The molecule has 10 nitrogen and oxygen atoms in total. The molecule has 36 heavy (non-hydrogen) atoms. The van der Waals surface area contributed by atoms with Crippen molar-refractivity contribution in [3.63, 3.8) is 0 Å². The largest absolute Gasteiger partial charge is 0.497 e. The smallest absolute Gasteiger partial charge is 0.259 e. The minimum Gasteiger partial charge on any atom is -0.497 e. The van der Waals surface area contributed by atoms with E-state index in [1.165, 1.54) is 14.2 Å². The highest BCUT2D eigenvalue weighted by Gasteiger charge is 2.16. The van der Waals surface area contributed by atoms with E-state index in [-0.39, 0.29) is 18.3 Å². The van der Waals surface area contributed by atoms with Crippen LogP contribution in [0.15, 0.2) is 54.7 Å². The Kier molecular flexibility index (Phi) is 9.07. The molecule has 1 heterocycles. The number of carbonyl (C=O) groups excluding carboxylic acids is 2. The second-order valence-electron chi connectivity index (χ2n) is 8.17. The average Bonchev–Trinajstić information content (AvgIpc) is 2.87. The minimum absolute atomic E-state index is 0.115. The molecule has 0 aliphatic carbocycles. The van der Waals surface area contributed by atoms with Gasteiger partial charge in [-0.05, 0) is 62.1 Å². The molecule has 0 saturated carbocycles. The van der Waals surface area contributed by atoms with Crippen molar-refractivity contribution in [3.8, 4) is 17.2 Å². The van der Waals surface area contributed by atoms with Crippen molar-refractivity contribution in [2.24, 2.45) is 0 Å². The average molecular weight is 494 g/mol. The number of nitrogens with two attached hydrogens (primary N) is 1. The Hall–Kier alpha value is -4.31. The number of aromatic nitrogens is 1. The van der Waals surface area contributed by atoms with Crippen LogP contribution < -0.4 is 30.6 Å². The van der Waals surface area contributed by atoms with E-state index in [1.807, 2.05) is 19.0 Å². The van der Waals surface area contributed by atoms with Gasteiger partial charge in [0.25, 0.3) is 11.8 Å². The van der Waals surface area contributed by atoms with Crippen LogP contribution in [0, 0.1) is 0 Å². The van der Waals surface area contributed by atoms with Crippen LogP contribution in [-0.4, -0.2) is 63.1 Å². The van der Waals surface area contributed by atoms with E-state index in [1.54, 1.807) is 54.7 Å². The zero-order valence-electron chi connectivity index (χ0n) is 20.8. The molecule has 0 atom stereocenters. The van der Waals surface area contributed by atoms with E-state index in [0.29, 0.717) is 52.7 Å². The molecule has 0 bridgehead atoms. The van der Waals surface area contributed by atoms with Crippen molar-refractivity contribution in [2.75, 3.05) is 52.5 Å². The van der Waals surface area contributed by atoms with Gasteiger partial charge in [-0.1, -0.05) is 0 Å². The number of ether oxygens (including phenoxy) is 3. The topological polar surface area (TPSA) is 128 Å². The van der Waals surface area contributed by atoms with E-state index < -0.39 is 5.91 Å². The predicted octanol–water partition coefficient (Wildman–Crippen LogP) is 2.80. The zero-order valence-corrected chi connectivity index (χ0v) is 20.8. The van der Waals surface area contributed by atoms with Gasteiger partial charge in [0.2, 0.25) is 0 Å². The van der Waals surface area contributed by atoms with Crippen molar-refractivity contribution < 1.29 is 23.8 Å². The van der Waals surface area contributed by atoms with Crippen molar-refractivity contribution in [1.29, 1.82) is 0 Å². The summed E-state index contributed by atoms with van der Waals surface area (Å²) < 4.78 is 16.4. The van der Waals surface area contributed by atoms with E-state index in [4.69, 9.17) is 19.9 Å². The first-order valence-corrected chi connectivity index (χ1v) is 11.2. The predicted molar refractivity (Wildman–Crippen MR) is 138 cm³/mol. The van der Waals surface area contributed by atoms with Gasteiger partial charge in [-0.2, -0.15) is 0 Å². The highest BCUT2D eigenvalue weighted by atomic mass is 16.5. The summed E-state index contributed by atoms with van der Waals surface area (Å²) in [7, 11) is 6.86. The summed E-state index contributed by atoms with van der Waals surface area (Å²) in [4.78, 5) is 31.9. The van der Waals surface area contributed by atoms with Crippen molar-refractivity contribution in [1.82, 2.24) is 15.2 Å². The standard InChI is InChI=1S/C26H31N5O5/c1-31(2)11-10-29-25(32)18-12-17(16-36-22-6-5-9-28-24(22)27)13-19(14-18)30-26(33)21-8-7-20(34-3)15-23(21)35-4/h5-9,12-15H,10-11,16H2,1-4H3,(H2,27,28)(H,29,32)(H,30,33). The number of amides is 2. The Morgan fingerprint density at radius 3 is 2.50 bits per heavy atom. The Balaban J connectivity index is 1.86. The number of hydrogen-bond donors (Lipinski definition) is 3. The molecule has 2 amide bonds. The molecule has 0 spiro atoms. The number of anilines is 2. The fourth-order valence-corrected chi connectivity index (χ4v) is 3.34. The third-order valence-corrected chi connectivity index (χ3v) is 5.20. The lowest BCUT2D eigenvalue weighted by Crippen LogP contribution is -2.31. The molecule has 3 aromatic rings. The lowest BCUT2D eigenvalue weighted by molar-refractivity contribution is 0.0949. The Labute approximate surface area is 210 Å². The molecule has 0 aliphatic heterocycles. The quantitative estimate of drug-likeness (QED) is 0.372. The van der Waals surface area contributed by atoms with Crippen LogP contribution in [0.2, 0.25) is 0 Å². The van der Waals surface area contributed by atoms with E-state index >= 15 is 0 Å². The van der Waals surface area contributed by atoms with Gasteiger partial charge < -0.3 is 35.5 Å². The second kappa shape index (κ2) is 12.4. The molecule has 2 aromatic carbocycles.